The molecular formula is C17H18N4. The maximum absolute atomic E-state index is 4.77. The van der Waals surface area contributed by atoms with Crippen LogP contribution in [0.3, 0.4) is 0 Å². The number of hydrogen-bond acceptors (Lipinski definition) is 4. The van der Waals surface area contributed by atoms with Crippen molar-refractivity contribution in [1.29, 1.82) is 0 Å². The predicted octanol–water partition coefficient (Wildman–Crippen LogP) is 2.97. The van der Waals surface area contributed by atoms with Crippen LogP contribution in [-0.2, 0) is 0 Å². The van der Waals surface area contributed by atoms with E-state index in [4.69, 9.17) is 9.98 Å². The van der Waals surface area contributed by atoms with Gasteiger partial charge in [-0.15, -0.1) is 0 Å². The second-order valence-electron chi connectivity index (χ2n) is 5.55. The number of aromatic nitrogens is 1. The fourth-order valence-electron chi connectivity index (χ4n) is 3.09. The third kappa shape index (κ3) is 2.07. The molecule has 4 heteroatoms. The third-order valence-corrected chi connectivity index (χ3v) is 4.05. The van der Waals surface area contributed by atoms with Crippen molar-refractivity contribution in [1.82, 2.24) is 9.88 Å². The smallest absolute Gasteiger partial charge is 0.144 e. The lowest BCUT2D eigenvalue weighted by molar-refractivity contribution is 0.317. The lowest BCUT2D eigenvalue weighted by Crippen LogP contribution is -2.46. The molecule has 0 saturated carbocycles. The first-order valence-corrected chi connectivity index (χ1v) is 7.43. The molecule has 0 saturated heterocycles. The second kappa shape index (κ2) is 4.88. The molecule has 0 unspecified atom stereocenters. The molecule has 0 amide bonds. The van der Waals surface area contributed by atoms with Crippen molar-refractivity contribution in [2.45, 2.75) is 19.5 Å². The van der Waals surface area contributed by atoms with Crippen LogP contribution in [0.4, 0.5) is 5.69 Å². The highest BCUT2D eigenvalue weighted by Gasteiger charge is 2.32. The van der Waals surface area contributed by atoms with E-state index < -0.39 is 0 Å². The Morgan fingerprint density at radius 1 is 1.14 bits per heavy atom. The number of aliphatic imine (C=N–C) groups is 1. The molecule has 1 aromatic heterocycles. The number of anilines is 1. The van der Waals surface area contributed by atoms with Crippen molar-refractivity contribution in [3.63, 3.8) is 0 Å². The number of nitrogens with one attached hydrogen (secondary N) is 1. The molecule has 21 heavy (non-hydrogen) atoms. The minimum atomic E-state index is 0.0684. The van der Waals surface area contributed by atoms with Crippen molar-refractivity contribution in [3.8, 4) is 0 Å². The van der Waals surface area contributed by atoms with E-state index in [1.807, 2.05) is 13.0 Å². The lowest BCUT2D eigenvalue weighted by Gasteiger charge is -2.41. The van der Waals surface area contributed by atoms with Gasteiger partial charge in [-0.05, 0) is 37.6 Å². The molecule has 0 radical (unpaired) electrons. The molecule has 2 aliphatic rings. The number of fused-ring (bicyclic) bond motifs is 3. The van der Waals surface area contributed by atoms with Crippen LogP contribution in [0, 0.1) is 6.92 Å². The van der Waals surface area contributed by atoms with Gasteiger partial charge >= 0.3 is 0 Å². The average Bonchev–Trinajstić information content (AvgIpc) is 2.54. The van der Waals surface area contributed by atoms with Gasteiger partial charge in [0.05, 0.1) is 5.69 Å². The highest BCUT2D eigenvalue weighted by molar-refractivity contribution is 6.05. The van der Waals surface area contributed by atoms with Crippen molar-refractivity contribution in [2.75, 3.05) is 18.4 Å². The molecule has 3 heterocycles. The Kier molecular flexibility index (Phi) is 2.88. The number of benzene rings is 1. The zero-order valence-electron chi connectivity index (χ0n) is 12.1. The molecule has 4 rings (SSSR count). The van der Waals surface area contributed by atoms with E-state index in [2.05, 4.69) is 46.6 Å². The van der Waals surface area contributed by atoms with Gasteiger partial charge in [-0.25, -0.2) is 0 Å². The SMILES string of the molecule is Cc1cccc([C@H]2Nc3ccccc3C3=NCCCN32)n1. The van der Waals surface area contributed by atoms with Gasteiger partial charge in [0.2, 0.25) is 0 Å². The average molecular weight is 278 g/mol. The first-order chi connectivity index (χ1) is 10.3. The summed E-state index contributed by atoms with van der Waals surface area (Å²) in [6, 6.07) is 14.6. The summed E-state index contributed by atoms with van der Waals surface area (Å²) in [7, 11) is 0. The Hall–Kier alpha value is -2.36. The number of rotatable bonds is 1. The first-order valence-electron chi connectivity index (χ1n) is 7.43. The van der Waals surface area contributed by atoms with E-state index in [9.17, 15) is 0 Å². The van der Waals surface area contributed by atoms with Gasteiger partial charge in [-0.3, -0.25) is 9.98 Å². The molecule has 2 aromatic rings. The van der Waals surface area contributed by atoms with Crippen LogP contribution < -0.4 is 5.32 Å². The zero-order valence-corrected chi connectivity index (χ0v) is 12.1. The number of nitrogens with zero attached hydrogens (tertiary/aromatic N) is 3. The summed E-state index contributed by atoms with van der Waals surface area (Å²) in [6.07, 6.45) is 1.16. The van der Waals surface area contributed by atoms with Crippen LogP contribution in [0.5, 0.6) is 0 Å². The Morgan fingerprint density at radius 3 is 2.95 bits per heavy atom. The number of aryl methyl sites for hydroxylation is 1. The van der Waals surface area contributed by atoms with Gasteiger partial charge < -0.3 is 10.2 Å². The van der Waals surface area contributed by atoms with Gasteiger partial charge in [-0.1, -0.05) is 18.2 Å². The molecular weight excluding hydrogens is 260 g/mol. The number of pyridine rings is 1. The fraction of sp³-hybridized carbons (Fsp3) is 0.294. The van der Waals surface area contributed by atoms with Gasteiger partial charge in [0.15, 0.2) is 0 Å². The van der Waals surface area contributed by atoms with Crippen molar-refractivity contribution >= 4 is 11.5 Å². The maximum atomic E-state index is 4.77. The minimum Gasteiger partial charge on any atom is -0.360 e. The molecule has 0 aliphatic carbocycles. The molecule has 2 aliphatic heterocycles. The van der Waals surface area contributed by atoms with Gasteiger partial charge in [0, 0.05) is 30.0 Å². The predicted molar refractivity (Wildman–Crippen MR) is 84.5 cm³/mol. The standard InChI is InChI=1S/C17H18N4/c1-12-6-4-9-15(19-12)17-20-14-8-3-2-7-13(14)16-18-10-5-11-21(16)17/h2-4,6-9,17,20H,5,10-11H2,1H3/t17-/m0/s1. The quantitative estimate of drug-likeness (QED) is 0.872. The molecule has 1 aromatic carbocycles. The van der Waals surface area contributed by atoms with Crippen LogP contribution in [0.25, 0.3) is 0 Å². The summed E-state index contributed by atoms with van der Waals surface area (Å²) in [6.45, 7) is 3.96. The summed E-state index contributed by atoms with van der Waals surface area (Å²) in [4.78, 5) is 11.8. The highest BCUT2D eigenvalue weighted by Crippen LogP contribution is 2.34. The molecule has 1 N–H and O–H groups in total. The van der Waals surface area contributed by atoms with Crippen LogP contribution in [0.2, 0.25) is 0 Å². The summed E-state index contributed by atoms with van der Waals surface area (Å²) in [5, 5.41) is 3.62. The van der Waals surface area contributed by atoms with E-state index in [1.165, 1.54) is 5.56 Å². The van der Waals surface area contributed by atoms with E-state index in [0.29, 0.717) is 0 Å². The molecule has 106 valence electrons. The maximum Gasteiger partial charge on any atom is 0.144 e. The highest BCUT2D eigenvalue weighted by atomic mass is 15.3. The topological polar surface area (TPSA) is 40.5 Å². The Balaban J connectivity index is 1.83. The summed E-state index contributed by atoms with van der Waals surface area (Å²) >= 11 is 0. The van der Waals surface area contributed by atoms with E-state index in [-0.39, 0.29) is 6.17 Å². The van der Waals surface area contributed by atoms with Crippen LogP contribution >= 0.6 is 0 Å². The third-order valence-electron chi connectivity index (χ3n) is 4.05. The Morgan fingerprint density at radius 2 is 2.05 bits per heavy atom. The van der Waals surface area contributed by atoms with E-state index in [0.717, 1.165) is 42.4 Å². The fourth-order valence-corrected chi connectivity index (χ4v) is 3.09. The molecule has 0 bridgehead atoms. The normalized spacial score (nSPS) is 20.1. The minimum absolute atomic E-state index is 0.0684. The summed E-state index contributed by atoms with van der Waals surface area (Å²) in [5.74, 6) is 1.10. The van der Waals surface area contributed by atoms with Crippen LogP contribution in [-0.4, -0.2) is 28.8 Å². The number of para-hydroxylation sites is 1. The molecule has 0 fully saturated rings. The van der Waals surface area contributed by atoms with Gasteiger partial charge in [-0.2, -0.15) is 0 Å². The van der Waals surface area contributed by atoms with Crippen LogP contribution in [0.1, 0.15) is 29.5 Å². The number of hydrogen-bond donors (Lipinski definition) is 1. The number of amidine groups is 1. The van der Waals surface area contributed by atoms with Crippen LogP contribution in [0.15, 0.2) is 47.5 Å². The molecule has 1 atom stereocenters. The Bertz CT molecular complexity index is 707. The second-order valence-corrected chi connectivity index (χ2v) is 5.55. The summed E-state index contributed by atoms with van der Waals surface area (Å²) < 4.78 is 0. The zero-order chi connectivity index (χ0) is 14.2. The molecule has 4 nitrogen and oxygen atoms in total. The Labute approximate surface area is 124 Å². The van der Waals surface area contributed by atoms with Gasteiger partial charge in [0.1, 0.15) is 12.0 Å². The van der Waals surface area contributed by atoms with Crippen molar-refractivity contribution in [3.05, 3.63) is 59.4 Å². The first kappa shape index (κ1) is 12.4. The van der Waals surface area contributed by atoms with Gasteiger partial charge in [0.25, 0.3) is 0 Å². The monoisotopic (exact) mass is 278 g/mol. The lowest BCUT2D eigenvalue weighted by atomic mass is 10.0. The van der Waals surface area contributed by atoms with Crippen molar-refractivity contribution < 1.29 is 0 Å². The van der Waals surface area contributed by atoms with E-state index >= 15 is 0 Å². The molecule has 0 spiro atoms. The summed E-state index contributed by atoms with van der Waals surface area (Å²) in [5.41, 5.74) is 4.44. The largest absolute Gasteiger partial charge is 0.360 e. The van der Waals surface area contributed by atoms with Crippen molar-refractivity contribution in [2.24, 2.45) is 4.99 Å². The van der Waals surface area contributed by atoms with E-state index in [1.54, 1.807) is 0 Å².